The minimum Gasteiger partial charge on any atom is -0.485 e. The van der Waals surface area contributed by atoms with Crippen molar-refractivity contribution in [3.63, 3.8) is 0 Å². The highest BCUT2D eigenvalue weighted by Crippen LogP contribution is 2.27. The third-order valence-corrected chi connectivity index (χ3v) is 3.74. The van der Waals surface area contributed by atoms with Gasteiger partial charge >= 0.3 is 6.09 Å². The molecule has 0 aliphatic carbocycles. The van der Waals surface area contributed by atoms with Gasteiger partial charge < -0.3 is 14.8 Å². The first-order chi connectivity index (χ1) is 12.9. The van der Waals surface area contributed by atoms with Crippen molar-refractivity contribution in [3.8, 4) is 5.75 Å². The van der Waals surface area contributed by atoms with Gasteiger partial charge in [0.25, 0.3) is 12.3 Å². The Morgan fingerprint density at radius 2 is 2.07 bits per heavy atom. The first-order valence-electron chi connectivity index (χ1n) is 8.00. The van der Waals surface area contributed by atoms with Crippen LogP contribution in [0, 0.1) is 5.82 Å². The number of anilines is 2. The molecule has 0 aromatic heterocycles. The molecule has 1 fully saturated rings. The molecule has 1 aliphatic rings. The molecule has 1 aliphatic heterocycles. The third kappa shape index (κ3) is 4.49. The fourth-order valence-electron chi connectivity index (χ4n) is 2.51. The Kier molecular flexibility index (Phi) is 5.49. The number of amides is 2. The Morgan fingerprint density at radius 1 is 1.26 bits per heavy atom. The largest absolute Gasteiger partial charge is 0.485 e. The van der Waals surface area contributed by atoms with Gasteiger partial charge in [0.1, 0.15) is 24.8 Å². The smallest absolute Gasteiger partial charge is 0.414 e. The Morgan fingerprint density at radius 3 is 2.78 bits per heavy atom. The van der Waals surface area contributed by atoms with Crippen LogP contribution >= 0.6 is 0 Å². The van der Waals surface area contributed by atoms with E-state index in [0.29, 0.717) is 12.2 Å². The maximum atomic E-state index is 13.4. The van der Waals surface area contributed by atoms with Gasteiger partial charge in [-0.1, -0.05) is 6.07 Å². The third-order valence-electron chi connectivity index (χ3n) is 3.74. The molecule has 9 heteroatoms. The minimum absolute atomic E-state index is 0.0491. The lowest BCUT2D eigenvalue weighted by Gasteiger charge is -2.15. The van der Waals surface area contributed by atoms with Crippen molar-refractivity contribution in [1.82, 2.24) is 0 Å². The fraction of sp³-hybridized carbons (Fsp3) is 0.222. The van der Waals surface area contributed by atoms with Gasteiger partial charge in [0, 0.05) is 17.3 Å². The van der Waals surface area contributed by atoms with Crippen LogP contribution in [0.15, 0.2) is 42.5 Å². The normalized spacial score (nSPS) is 13.6. The number of nitrogens with one attached hydrogen (secondary N) is 1. The number of ether oxygens (including phenoxy) is 2. The van der Waals surface area contributed by atoms with Gasteiger partial charge in [0.05, 0.1) is 12.2 Å². The molecule has 1 heterocycles. The van der Waals surface area contributed by atoms with Crippen molar-refractivity contribution in [2.75, 3.05) is 30.0 Å². The molecule has 6 nitrogen and oxygen atoms in total. The summed E-state index contributed by atoms with van der Waals surface area (Å²) >= 11 is 0. The van der Waals surface area contributed by atoms with Crippen LogP contribution in [-0.4, -0.2) is 38.2 Å². The van der Waals surface area contributed by atoms with E-state index >= 15 is 0 Å². The molecule has 0 atom stereocenters. The van der Waals surface area contributed by atoms with Gasteiger partial charge in [-0.2, -0.15) is 0 Å². The van der Waals surface area contributed by atoms with Gasteiger partial charge in [-0.25, -0.2) is 18.0 Å². The van der Waals surface area contributed by atoms with Crippen LogP contribution in [0.1, 0.15) is 10.4 Å². The van der Waals surface area contributed by atoms with Crippen LogP contribution in [0.2, 0.25) is 0 Å². The molecule has 2 aromatic carbocycles. The second-order valence-corrected chi connectivity index (χ2v) is 5.61. The van der Waals surface area contributed by atoms with Crippen LogP contribution in [0.25, 0.3) is 0 Å². The summed E-state index contributed by atoms with van der Waals surface area (Å²) in [4.78, 5) is 25.5. The summed E-state index contributed by atoms with van der Waals surface area (Å²) in [6, 6.07) is 9.45. The van der Waals surface area contributed by atoms with Gasteiger partial charge in [0.2, 0.25) is 0 Å². The number of benzene rings is 2. The fourth-order valence-corrected chi connectivity index (χ4v) is 2.51. The predicted molar refractivity (Wildman–Crippen MR) is 91.0 cm³/mol. The number of rotatable bonds is 6. The lowest BCUT2D eigenvalue weighted by atomic mass is 10.1. The van der Waals surface area contributed by atoms with Crippen molar-refractivity contribution in [1.29, 1.82) is 0 Å². The number of cyclic esters (lactones) is 1. The SMILES string of the molecule is O=C(Nc1ccc(F)cc1OCC(F)F)c1cccc(N2CCOC2=O)c1. The van der Waals surface area contributed by atoms with E-state index in [-0.39, 0.29) is 23.6 Å². The highest BCUT2D eigenvalue weighted by Gasteiger charge is 2.24. The van der Waals surface area contributed by atoms with E-state index in [4.69, 9.17) is 9.47 Å². The molecule has 0 saturated carbocycles. The Balaban J connectivity index is 1.78. The number of hydrogen-bond donors (Lipinski definition) is 1. The molecule has 0 spiro atoms. The summed E-state index contributed by atoms with van der Waals surface area (Å²) in [6.45, 7) is -0.304. The maximum absolute atomic E-state index is 13.4. The van der Waals surface area contributed by atoms with Crippen molar-refractivity contribution in [3.05, 3.63) is 53.8 Å². The molecule has 1 saturated heterocycles. The van der Waals surface area contributed by atoms with E-state index in [0.717, 1.165) is 12.1 Å². The zero-order chi connectivity index (χ0) is 19.4. The lowest BCUT2D eigenvalue weighted by molar-refractivity contribution is 0.0820. The van der Waals surface area contributed by atoms with Crippen LogP contribution < -0.4 is 15.0 Å². The Bertz CT molecular complexity index is 860. The average molecular weight is 380 g/mol. The summed E-state index contributed by atoms with van der Waals surface area (Å²) in [5, 5.41) is 2.50. The Hall–Kier alpha value is -3.23. The van der Waals surface area contributed by atoms with Crippen LogP contribution in [0.4, 0.5) is 29.3 Å². The first-order valence-corrected chi connectivity index (χ1v) is 8.00. The van der Waals surface area contributed by atoms with Gasteiger partial charge in [0.15, 0.2) is 0 Å². The minimum atomic E-state index is -2.74. The number of carbonyl (C=O) groups is 2. The number of halogens is 3. The zero-order valence-electron chi connectivity index (χ0n) is 14.0. The summed E-state index contributed by atoms with van der Waals surface area (Å²) in [5.41, 5.74) is 0.753. The van der Waals surface area contributed by atoms with Gasteiger partial charge in [-0.3, -0.25) is 9.69 Å². The molecule has 142 valence electrons. The standard InChI is InChI=1S/C18H15F3N2O4/c19-12-4-5-14(15(9-12)27-10-16(20)21)22-17(24)11-2-1-3-13(8-11)23-6-7-26-18(23)25/h1-5,8-9,16H,6-7,10H2,(H,22,24). The van der Waals surface area contributed by atoms with E-state index in [2.05, 4.69) is 5.32 Å². The summed E-state index contributed by atoms with van der Waals surface area (Å²) in [7, 11) is 0. The molecular weight excluding hydrogens is 365 g/mol. The average Bonchev–Trinajstić information content (AvgIpc) is 3.08. The number of nitrogens with zero attached hydrogens (tertiary/aromatic N) is 1. The van der Waals surface area contributed by atoms with E-state index < -0.39 is 30.8 Å². The molecule has 27 heavy (non-hydrogen) atoms. The van der Waals surface area contributed by atoms with E-state index in [1.807, 2.05) is 0 Å². The molecule has 2 amide bonds. The second-order valence-electron chi connectivity index (χ2n) is 5.61. The summed E-state index contributed by atoms with van der Waals surface area (Å²) < 4.78 is 47.8. The molecule has 3 rings (SSSR count). The zero-order valence-corrected chi connectivity index (χ0v) is 14.0. The second kappa shape index (κ2) is 7.98. The van der Waals surface area contributed by atoms with Crippen molar-refractivity contribution >= 4 is 23.4 Å². The highest BCUT2D eigenvalue weighted by molar-refractivity contribution is 6.06. The van der Waals surface area contributed by atoms with Crippen molar-refractivity contribution < 1.29 is 32.2 Å². The van der Waals surface area contributed by atoms with Crippen molar-refractivity contribution in [2.24, 2.45) is 0 Å². The lowest BCUT2D eigenvalue weighted by Crippen LogP contribution is -2.23. The number of carbonyl (C=O) groups excluding carboxylic acids is 2. The van der Waals surface area contributed by atoms with Crippen LogP contribution in [-0.2, 0) is 4.74 Å². The van der Waals surface area contributed by atoms with Crippen LogP contribution in [0.3, 0.4) is 0 Å². The van der Waals surface area contributed by atoms with Gasteiger partial charge in [-0.05, 0) is 30.3 Å². The molecule has 0 unspecified atom stereocenters. The number of alkyl halides is 2. The predicted octanol–water partition coefficient (Wildman–Crippen LogP) is 3.68. The highest BCUT2D eigenvalue weighted by atomic mass is 19.3. The van der Waals surface area contributed by atoms with E-state index in [9.17, 15) is 22.8 Å². The summed E-state index contributed by atoms with van der Waals surface area (Å²) in [5.74, 6) is -1.47. The summed E-state index contributed by atoms with van der Waals surface area (Å²) in [6.07, 6.45) is -3.25. The molecule has 0 bridgehead atoms. The van der Waals surface area contributed by atoms with Crippen molar-refractivity contribution in [2.45, 2.75) is 6.43 Å². The quantitative estimate of drug-likeness (QED) is 0.830. The molecule has 2 aromatic rings. The van der Waals surface area contributed by atoms with E-state index in [1.54, 1.807) is 12.1 Å². The van der Waals surface area contributed by atoms with E-state index in [1.165, 1.54) is 23.1 Å². The monoisotopic (exact) mass is 380 g/mol. The molecule has 0 radical (unpaired) electrons. The molecular formula is C18H15F3N2O4. The van der Waals surface area contributed by atoms with Crippen LogP contribution in [0.5, 0.6) is 5.75 Å². The topological polar surface area (TPSA) is 67.9 Å². The Labute approximate surface area is 152 Å². The maximum Gasteiger partial charge on any atom is 0.414 e. The number of hydrogen-bond acceptors (Lipinski definition) is 4. The molecule has 1 N–H and O–H groups in total. The van der Waals surface area contributed by atoms with Gasteiger partial charge in [-0.15, -0.1) is 0 Å². The first kappa shape index (κ1) is 18.6.